The lowest BCUT2D eigenvalue weighted by Gasteiger charge is -2.34. The molecule has 0 aromatic carbocycles. The number of H-pyrrole nitrogens is 1. The Morgan fingerprint density at radius 2 is 2.11 bits per heavy atom. The van der Waals surface area contributed by atoms with Crippen molar-refractivity contribution in [2.45, 2.75) is 31.7 Å². The highest BCUT2D eigenvalue weighted by molar-refractivity contribution is 8.04. The average Bonchev–Trinajstić information content (AvgIpc) is 2.27. The molecular formula is C12H13N3O2S. The number of thioether (sulfide) groups is 1. The number of hydrogen-bond acceptors (Lipinski definition) is 5. The van der Waals surface area contributed by atoms with E-state index in [-0.39, 0.29) is 16.8 Å². The smallest absolute Gasteiger partial charge is 0.275 e. The van der Waals surface area contributed by atoms with Crippen LogP contribution in [0.15, 0.2) is 26.7 Å². The molecule has 3 rings (SSSR count). The molecule has 0 saturated heterocycles. The number of anilines is 1. The van der Waals surface area contributed by atoms with Gasteiger partial charge in [-0.2, -0.15) is 0 Å². The lowest BCUT2D eigenvalue weighted by Crippen LogP contribution is -2.31. The van der Waals surface area contributed by atoms with Gasteiger partial charge in [0.05, 0.1) is 11.2 Å². The summed E-state index contributed by atoms with van der Waals surface area (Å²) < 4.78 is 0. The third kappa shape index (κ3) is 1.77. The summed E-state index contributed by atoms with van der Waals surface area (Å²) in [5.74, 6) is 0.131. The zero-order valence-electron chi connectivity index (χ0n) is 10.2. The number of nitrogens with zero attached hydrogens (tertiary/aromatic N) is 1. The van der Waals surface area contributed by atoms with Crippen molar-refractivity contribution in [1.29, 1.82) is 0 Å². The molecule has 2 heterocycles. The molecule has 0 saturated carbocycles. The van der Waals surface area contributed by atoms with Gasteiger partial charge in [0, 0.05) is 12.1 Å². The van der Waals surface area contributed by atoms with Gasteiger partial charge in [-0.25, -0.2) is 4.98 Å². The number of rotatable bonds is 0. The predicted octanol–water partition coefficient (Wildman–Crippen LogP) is 1.89. The molecule has 0 spiro atoms. The van der Waals surface area contributed by atoms with Crippen LogP contribution >= 0.6 is 11.8 Å². The van der Waals surface area contributed by atoms with E-state index in [0.29, 0.717) is 22.0 Å². The van der Waals surface area contributed by atoms with Gasteiger partial charge < -0.3 is 10.3 Å². The van der Waals surface area contributed by atoms with E-state index < -0.39 is 0 Å². The van der Waals surface area contributed by atoms with Crippen LogP contribution in [0.5, 0.6) is 0 Å². The van der Waals surface area contributed by atoms with Crippen LogP contribution < -0.4 is 10.9 Å². The SMILES string of the molecule is CC1(C)CC(=O)C2=C(C1)Nc1c(nc[nH]c1=O)S2. The summed E-state index contributed by atoms with van der Waals surface area (Å²) in [6.45, 7) is 4.12. The van der Waals surface area contributed by atoms with Crippen molar-refractivity contribution in [3.63, 3.8) is 0 Å². The summed E-state index contributed by atoms with van der Waals surface area (Å²) >= 11 is 1.30. The summed E-state index contributed by atoms with van der Waals surface area (Å²) in [6, 6.07) is 0. The highest BCUT2D eigenvalue weighted by Crippen LogP contribution is 2.46. The van der Waals surface area contributed by atoms with Gasteiger partial charge in [-0.05, 0) is 11.8 Å². The topological polar surface area (TPSA) is 74.8 Å². The number of aromatic nitrogens is 2. The summed E-state index contributed by atoms with van der Waals surface area (Å²) in [6.07, 6.45) is 2.67. The van der Waals surface area contributed by atoms with Gasteiger partial charge in [0.1, 0.15) is 10.7 Å². The molecule has 6 heteroatoms. The lowest BCUT2D eigenvalue weighted by molar-refractivity contribution is -0.117. The maximum Gasteiger partial charge on any atom is 0.275 e. The molecular weight excluding hydrogens is 250 g/mol. The van der Waals surface area contributed by atoms with E-state index in [2.05, 4.69) is 29.1 Å². The molecule has 18 heavy (non-hydrogen) atoms. The van der Waals surface area contributed by atoms with Crippen molar-refractivity contribution >= 4 is 23.2 Å². The first kappa shape index (κ1) is 11.5. The number of ketones is 1. The lowest BCUT2D eigenvalue weighted by atomic mass is 9.78. The van der Waals surface area contributed by atoms with Gasteiger partial charge in [0.25, 0.3) is 5.56 Å². The summed E-state index contributed by atoms with van der Waals surface area (Å²) in [5.41, 5.74) is 1.05. The second kappa shape index (κ2) is 3.71. The average molecular weight is 263 g/mol. The molecule has 0 bridgehead atoms. The molecule has 1 aliphatic heterocycles. The largest absolute Gasteiger partial charge is 0.351 e. The van der Waals surface area contributed by atoms with Gasteiger partial charge in [-0.15, -0.1) is 0 Å². The number of nitrogens with one attached hydrogen (secondary N) is 2. The third-order valence-electron chi connectivity index (χ3n) is 3.11. The van der Waals surface area contributed by atoms with Crippen LogP contribution in [0, 0.1) is 5.41 Å². The minimum absolute atomic E-state index is 0.0596. The summed E-state index contributed by atoms with van der Waals surface area (Å²) in [4.78, 5) is 31.2. The second-order valence-electron chi connectivity index (χ2n) is 5.39. The molecule has 0 fully saturated rings. The zero-order chi connectivity index (χ0) is 12.9. The Morgan fingerprint density at radius 1 is 1.33 bits per heavy atom. The Hall–Kier alpha value is -1.56. The Balaban J connectivity index is 2.07. The van der Waals surface area contributed by atoms with Crippen LogP contribution in [-0.4, -0.2) is 15.8 Å². The normalized spacial score (nSPS) is 21.1. The van der Waals surface area contributed by atoms with Crippen molar-refractivity contribution in [1.82, 2.24) is 9.97 Å². The van der Waals surface area contributed by atoms with Gasteiger partial charge in [-0.1, -0.05) is 25.6 Å². The molecule has 0 unspecified atom stereocenters. The van der Waals surface area contributed by atoms with Crippen LogP contribution in [0.2, 0.25) is 0 Å². The molecule has 2 N–H and O–H groups in total. The van der Waals surface area contributed by atoms with Crippen molar-refractivity contribution < 1.29 is 4.79 Å². The number of Topliss-reactive ketones (excluding diaryl/α,β-unsaturated/α-hetero) is 1. The second-order valence-corrected chi connectivity index (χ2v) is 6.39. The first-order chi connectivity index (χ1) is 8.46. The maximum absolute atomic E-state index is 12.1. The van der Waals surface area contributed by atoms with Crippen LogP contribution in [0.4, 0.5) is 5.69 Å². The summed E-state index contributed by atoms with van der Waals surface area (Å²) in [7, 11) is 0. The van der Waals surface area contributed by atoms with Gasteiger partial charge in [-0.3, -0.25) is 9.59 Å². The molecule has 0 atom stereocenters. The molecule has 2 aliphatic rings. The Morgan fingerprint density at radius 3 is 2.89 bits per heavy atom. The van der Waals surface area contributed by atoms with E-state index in [0.717, 1.165) is 12.1 Å². The minimum Gasteiger partial charge on any atom is -0.351 e. The van der Waals surface area contributed by atoms with Crippen LogP contribution in [0.1, 0.15) is 26.7 Å². The van der Waals surface area contributed by atoms with E-state index in [1.165, 1.54) is 18.1 Å². The van der Waals surface area contributed by atoms with Crippen LogP contribution in [-0.2, 0) is 4.79 Å². The highest BCUT2D eigenvalue weighted by Gasteiger charge is 2.36. The van der Waals surface area contributed by atoms with E-state index in [1.54, 1.807) is 0 Å². The van der Waals surface area contributed by atoms with Crippen LogP contribution in [0.3, 0.4) is 0 Å². The van der Waals surface area contributed by atoms with Crippen molar-refractivity contribution in [3.8, 4) is 0 Å². The van der Waals surface area contributed by atoms with E-state index >= 15 is 0 Å². The molecule has 0 amide bonds. The van der Waals surface area contributed by atoms with Crippen molar-refractivity contribution in [3.05, 3.63) is 27.3 Å². The molecule has 94 valence electrons. The van der Waals surface area contributed by atoms with E-state index in [4.69, 9.17) is 0 Å². The van der Waals surface area contributed by atoms with Gasteiger partial charge >= 0.3 is 0 Å². The first-order valence-electron chi connectivity index (χ1n) is 5.75. The molecule has 0 radical (unpaired) electrons. The van der Waals surface area contributed by atoms with Gasteiger partial charge in [0.2, 0.25) is 0 Å². The van der Waals surface area contributed by atoms with Crippen LogP contribution in [0.25, 0.3) is 0 Å². The fourth-order valence-corrected chi connectivity index (χ4v) is 3.32. The number of allylic oxidation sites excluding steroid dienone is 2. The Labute approximate surface area is 108 Å². The molecule has 1 aromatic heterocycles. The van der Waals surface area contributed by atoms with Crippen molar-refractivity contribution in [2.75, 3.05) is 5.32 Å². The van der Waals surface area contributed by atoms with E-state index in [9.17, 15) is 9.59 Å². The Bertz CT molecular complexity index is 630. The maximum atomic E-state index is 12.1. The number of carbonyl (C=O) groups is 1. The van der Waals surface area contributed by atoms with E-state index in [1.807, 2.05) is 0 Å². The highest BCUT2D eigenvalue weighted by atomic mass is 32.2. The molecule has 1 aromatic rings. The molecule has 1 aliphatic carbocycles. The number of carbonyl (C=O) groups excluding carboxylic acids is 1. The fourth-order valence-electron chi connectivity index (χ4n) is 2.34. The quantitative estimate of drug-likeness (QED) is 0.699. The zero-order valence-corrected chi connectivity index (χ0v) is 11.0. The first-order valence-corrected chi connectivity index (χ1v) is 6.57. The standard InChI is InChI=1S/C12H13N3O2S/c1-12(2)3-6-9(7(16)4-12)18-11-8(15-6)10(17)13-5-14-11/h5,15H,3-4H2,1-2H3,(H,13,14,17). The number of hydrogen-bond donors (Lipinski definition) is 2. The minimum atomic E-state index is -0.199. The van der Waals surface area contributed by atoms with Gasteiger partial charge in [0.15, 0.2) is 5.78 Å². The molecule has 5 nitrogen and oxygen atoms in total. The van der Waals surface area contributed by atoms with Crippen molar-refractivity contribution in [2.24, 2.45) is 5.41 Å². The number of fused-ring (bicyclic) bond motifs is 1. The predicted molar refractivity (Wildman–Crippen MR) is 69.4 cm³/mol. The Kier molecular flexibility index (Phi) is 2.38. The number of aromatic amines is 1. The monoisotopic (exact) mass is 263 g/mol. The fraction of sp³-hybridized carbons (Fsp3) is 0.417. The third-order valence-corrected chi connectivity index (χ3v) is 4.30. The summed E-state index contributed by atoms with van der Waals surface area (Å²) in [5, 5.41) is 3.66.